The fourth-order valence-corrected chi connectivity index (χ4v) is 3.43. The van der Waals surface area contributed by atoms with E-state index >= 15 is 0 Å². The first kappa shape index (κ1) is 16.3. The Morgan fingerprint density at radius 1 is 0.920 bits per heavy atom. The fourth-order valence-electron chi connectivity index (χ4n) is 3.10. The van der Waals surface area contributed by atoms with Crippen LogP contribution in [0.15, 0.2) is 36.5 Å². The highest BCUT2D eigenvalue weighted by atomic mass is 35.5. The van der Waals surface area contributed by atoms with E-state index in [0.29, 0.717) is 23.9 Å². The summed E-state index contributed by atoms with van der Waals surface area (Å²) < 4.78 is 13.4. The Labute approximate surface area is 154 Å². The van der Waals surface area contributed by atoms with Crippen molar-refractivity contribution >= 4 is 45.6 Å². The van der Waals surface area contributed by atoms with Gasteiger partial charge in [0.2, 0.25) is 11.2 Å². The first-order chi connectivity index (χ1) is 12.1. The zero-order chi connectivity index (χ0) is 17.4. The number of hydrogen-bond donors (Lipinski definition) is 0. The van der Waals surface area contributed by atoms with Crippen LogP contribution in [0.25, 0.3) is 10.9 Å². The van der Waals surface area contributed by atoms with Gasteiger partial charge in [-0.3, -0.25) is 4.98 Å². The minimum Gasteiger partial charge on any atom is -0.367 e. The number of pyridine rings is 1. The maximum atomic E-state index is 13.4. The van der Waals surface area contributed by atoms with Crippen molar-refractivity contribution in [1.29, 1.82) is 0 Å². The SMILES string of the molecule is Fc1cc(N2CCN(c3ccnc4cc(Cl)ccc34)CC2)nc(Cl)n1. The molecule has 0 atom stereocenters. The molecule has 5 nitrogen and oxygen atoms in total. The molecule has 0 spiro atoms. The molecular formula is C17H14Cl2FN5. The summed E-state index contributed by atoms with van der Waals surface area (Å²) >= 11 is 11.8. The van der Waals surface area contributed by atoms with E-state index < -0.39 is 5.95 Å². The molecule has 3 aromatic rings. The molecule has 1 aromatic carbocycles. The van der Waals surface area contributed by atoms with Gasteiger partial charge in [0.1, 0.15) is 5.82 Å². The molecule has 25 heavy (non-hydrogen) atoms. The monoisotopic (exact) mass is 377 g/mol. The molecule has 1 fully saturated rings. The van der Waals surface area contributed by atoms with Crippen molar-refractivity contribution in [3.05, 3.63) is 52.8 Å². The second kappa shape index (κ2) is 6.61. The standard InChI is InChI=1S/C17H14Cl2FN5/c18-11-1-2-12-13(9-11)21-4-3-14(12)24-5-7-25(8-6-24)16-10-15(20)22-17(19)23-16/h1-4,9-10H,5-8H2. The molecular weight excluding hydrogens is 364 g/mol. The molecule has 8 heteroatoms. The topological polar surface area (TPSA) is 45.2 Å². The Balaban J connectivity index is 1.56. The van der Waals surface area contributed by atoms with Crippen LogP contribution in [0.3, 0.4) is 0 Å². The van der Waals surface area contributed by atoms with Crippen molar-refractivity contribution in [2.75, 3.05) is 36.0 Å². The molecule has 0 unspecified atom stereocenters. The van der Waals surface area contributed by atoms with Crippen molar-refractivity contribution in [1.82, 2.24) is 15.0 Å². The third-order valence-electron chi connectivity index (χ3n) is 4.28. The molecule has 0 N–H and O–H groups in total. The Morgan fingerprint density at radius 3 is 2.44 bits per heavy atom. The fraction of sp³-hybridized carbons (Fsp3) is 0.235. The zero-order valence-corrected chi connectivity index (χ0v) is 14.7. The molecule has 1 aliphatic rings. The van der Waals surface area contributed by atoms with Gasteiger partial charge in [-0.05, 0) is 35.9 Å². The van der Waals surface area contributed by atoms with Gasteiger partial charge in [-0.15, -0.1) is 0 Å². The predicted molar refractivity (Wildman–Crippen MR) is 98.2 cm³/mol. The van der Waals surface area contributed by atoms with Crippen LogP contribution in [0, 0.1) is 5.95 Å². The maximum Gasteiger partial charge on any atom is 0.226 e. The number of aromatic nitrogens is 3. The Morgan fingerprint density at radius 2 is 1.68 bits per heavy atom. The van der Waals surface area contributed by atoms with Crippen LogP contribution < -0.4 is 9.80 Å². The molecule has 0 bridgehead atoms. The summed E-state index contributed by atoms with van der Waals surface area (Å²) in [5.41, 5.74) is 1.99. The largest absolute Gasteiger partial charge is 0.367 e. The van der Waals surface area contributed by atoms with Crippen LogP contribution in [0.1, 0.15) is 0 Å². The van der Waals surface area contributed by atoms with Gasteiger partial charge in [-0.1, -0.05) is 11.6 Å². The van der Waals surface area contributed by atoms with Crippen LogP contribution in [-0.4, -0.2) is 41.1 Å². The minimum atomic E-state index is -0.616. The lowest BCUT2D eigenvalue weighted by atomic mass is 10.1. The van der Waals surface area contributed by atoms with E-state index in [1.54, 1.807) is 6.20 Å². The lowest BCUT2D eigenvalue weighted by molar-refractivity contribution is 0.574. The maximum absolute atomic E-state index is 13.4. The zero-order valence-electron chi connectivity index (χ0n) is 13.2. The van der Waals surface area contributed by atoms with E-state index in [2.05, 4.69) is 19.9 Å². The van der Waals surface area contributed by atoms with Crippen molar-refractivity contribution < 1.29 is 4.39 Å². The average molecular weight is 378 g/mol. The Hall–Kier alpha value is -2.18. The van der Waals surface area contributed by atoms with Crippen molar-refractivity contribution in [2.24, 2.45) is 0 Å². The van der Waals surface area contributed by atoms with Crippen LogP contribution in [-0.2, 0) is 0 Å². The molecule has 3 heterocycles. The van der Waals surface area contributed by atoms with Crippen LogP contribution in [0.4, 0.5) is 15.9 Å². The van der Waals surface area contributed by atoms with Gasteiger partial charge in [0.05, 0.1) is 5.52 Å². The van der Waals surface area contributed by atoms with Crippen molar-refractivity contribution in [3.63, 3.8) is 0 Å². The highest BCUT2D eigenvalue weighted by Gasteiger charge is 2.21. The van der Waals surface area contributed by atoms with Gasteiger partial charge < -0.3 is 9.80 Å². The first-order valence-corrected chi connectivity index (χ1v) is 8.60. The van der Waals surface area contributed by atoms with Gasteiger partial charge in [0, 0.05) is 54.5 Å². The predicted octanol–water partition coefficient (Wildman–Crippen LogP) is 3.80. The van der Waals surface area contributed by atoms with E-state index in [0.717, 1.165) is 29.7 Å². The number of benzene rings is 1. The highest BCUT2D eigenvalue weighted by molar-refractivity contribution is 6.31. The number of nitrogens with zero attached hydrogens (tertiary/aromatic N) is 5. The second-order valence-electron chi connectivity index (χ2n) is 5.78. The number of hydrogen-bond acceptors (Lipinski definition) is 5. The smallest absolute Gasteiger partial charge is 0.226 e. The lowest BCUT2D eigenvalue weighted by Crippen LogP contribution is -2.47. The first-order valence-electron chi connectivity index (χ1n) is 7.84. The average Bonchev–Trinajstić information content (AvgIpc) is 2.60. The molecule has 1 saturated heterocycles. The number of anilines is 2. The van der Waals surface area contributed by atoms with Gasteiger partial charge >= 0.3 is 0 Å². The molecule has 0 radical (unpaired) electrons. The number of piperazine rings is 1. The third kappa shape index (κ3) is 3.32. The van der Waals surface area contributed by atoms with E-state index in [4.69, 9.17) is 23.2 Å². The normalized spacial score (nSPS) is 15.0. The van der Waals surface area contributed by atoms with Gasteiger partial charge in [0.25, 0.3) is 0 Å². The number of rotatable bonds is 2. The third-order valence-corrected chi connectivity index (χ3v) is 4.68. The van der Waals surface area contributed by atoms with Crippen LogP contribution >= 0.6 is 23.2 Å². The molecule has 0 aliphatic carbocycles. The van der Waals surface area contributed by atoms with Crippen molar-refractivity contribution in [3.8, 4) is 0 Å². The Bertz CT molecular complexity index is 908. The number of fused-ring (bicyclic) bond motifs is 1. The summed E-state index contributed by atoms with van der Waals surface area (Å²) in [6.07, 6.45) is 1.79. The van der Waals surface area contributed by atoms with E-state index in [-0.39, 0.29) is 5.28 Å². The van der Waals surface area contributed by atoms with Crippen LogP contribution in [0.5, 0.6) is 0 Å². The number of halogens is 3. The summed E-state index contributed by atoms with van der Waals surface area (Å²) in [7, 11) is 0. The van der Waals surface area contributed by atoms with E-state index in [1.807, 2.05) is 29.2 Å². The second-order valence-corrected chi connectivity index (χ2v) is 6.56. The molecule has 128 valence electrons. The summed E-state index contributed by atoms with van der Waals surface area (Å²) in [6.45, 7) is 2.99. The summed E-state index contributed by atoms with van der Waals surface area (Å²) in [5.74, 6) is -0.0991. The summed E-state index contributed by atoms with van der Waals surface area (Å²) in [4.78, 5) is 16.3. The lowest BCUT2D eigenvalue weighted by Gasteiger charge is -2.37. The van der Waals surface area contributed by atoms with Crippen molar-refractivity contribution in [2.45, 2.75) is 0 Å². The molecule has 2 aromatic heterocycles. The summed E-state index contributed by atoms with van der Waals surface area (Å²) in [6, 6.07) is 9.05. The van der Waals surface area contributed by atoms with E-state index in [1.165, 1.54) is 6.07 Å². The van der Waals surface area contributed by atoms with Gasteiger partial charge in [0.15, 0.2) is 0 Å². The molecule has 0 saturated carbocycles. The van der Waals surface area contributed by atoms with E-state index in [9.17, 15) is 4.39 Å². The minimum absolute atomic E-state index is 0.0746. The van der Waals surface area contributed by atoms with Crippen LogP contribution in [0.2, 0.25) is 10.3 Å². The summed E-state index contributed by atoms with van der Waals surface area (Å²) in [5, 5.41) is 1.66. The highest BCUT2D eigenvalue weighted by Crippen LogP contribution is 2.28. The van der Waals surface area contributed by atoms with Gasteiger partial charge in [-0.25, -0.2) is 4.98 Å². The molecule has 0 amide bonds. The molecule has 1 aliphatic heterocycles. The Kier molecular flexibility index (Phi) is 4.31. The molecule has 4 rings (SSSR count). The van der Waals surface area contributed by atoms with Gasteiger partial charge in [-0.2, -0.15) is 9.37 Å². The quantitative estimate of drug-likeness (QED) is 0.502.